The van der Waals surface area contributed by atoms with E-state index in [0.717, 1.165) is 5.69 Å². The molecule has 0 bridgehead atoms. The first-order chi connectivity index (χ1) is 14.2. The highest BCUT2D eigenvalue weighted by Crippen LogP contribution is 2.26. The number of aromatic nitrogens is 2. The van der Waals surface area contributed by atoms with Gasteiger partial charge in [0, 0.05) is 10.7 Å². The maximum absolute atomic E-state index is 12.5. The van der Waals surface area contributed by atoms with Crippen LogP contribution in [0.15, 0.2) is 58.2 Å². The number of hydrogen-bond acceptors (Lipinski definition) is 6. The van der Waals surface area contributed by atoms with Crippen molar-refractivity contribution in [1.82, 2.24) is 10.2 Å². The number of rotatable bonds is 7. The summed E-state index contributed by atoms with van der Waals surface area (Å²) in [5, 5.41) is 11.4. The Morgan fingerprint density at radius 3 is 2.43 bits per heavy atom. The number of nitrogens with one attached hydrogen (secondary N) is 1. The molecular weight excluding hydrogens is 422 g/mol. The zero-order valence-electron chi connectivity index (χ0n) is 17.3. The van der Waals surface area contributed by atoms with Crippen LogP contribution < -0.4 is 10.1 Å². The van der Waals surface area contributed by atoms with E-state index in [1.165, 1.54) is 17.3 Å². The lowest BCUT2D eigenvalue weighted by atomic mass is 9.87. The zero-order chi connectivity index (χ0) is 21.7. The highest BCUT2D eigenvalue weighted by atomic mass is 35.5. The number of nitrogens with zero attached hydrogens (tertiary/aromatic N) is 2. The number of ether oxygens (including phenoxy) is 1. The van der Waals surface area contributed by atoms with Crippen molar-refractivity contribution in [3.8, 4) is 5.75 Å². The van der Waals surface area contributed by atoms with E-state index in [2.05, 4.69) is 36.3 Å². The smallest absolute Gasteiger partial charge is 0.277 e. The fourth-order valence-electron chi connectivity index (χ4n) is 2.52. The van der Waals surface area contributed by atoms with Gasteiger partial charge in [-0.1, -0.05) is 56.3 Å². The lowest BCUT2D eigenvalue weighted by Crippen LogP contribution is -2.22. The van der Waals surface area contributed by atoms with Crippen molar-refractivity contribution in [2.75, 3.05) is 5.32 Å². The summed E-state index contributed by atoms with van der Waals surface area (Å²) < 4.78 is 11.1. The lowest BCUT2D eigenvalue weighted by molar-refractivity contribution is -0.115. The molecule has 30 heavy (non-hydrogen) atoms. The molecule has 8 heteroatoms. The topological polar surface area (TPSA) is 77.2 Å². The second-order valence-electron chi connectivity index (χ2n) is 7.78. The minimum absolute atomic E-state index is 0.0681. The number of halogens is 1. The van der Waals surface area contributed by atoms with Crippen LogP contribution in [0.3, 0.4) is 0 Å². The molecule has 0 radical (unpaired) electrons. The van der Waals surface area contributed by atoms with E-state index < -0.39 is 5.25 Å². The van der Waals surface area contributed by atoms with Gasteiger partial charge >= 0.3 is 0 Å². The van der Waals surface area contributed by atoms with E-state index in [1.807, 2.05) is 24.3 Å². The van der Waals surface area contributed by atoms with Crippen molar-refractivity contribution < 1.29 is 13.9 Å². The molecule has 1 unspecified atom stereocenters. The SMILES string of the molecule is CC(Sc1nnc(COc2ccc(Cl)cc2)o1)C(=O)Nc1ccc(C(C)(C)C)cc1. The lowest BCUT2D eigenvalue weighted by Gasteiger charge is -2.19. The van der Waals surface area contributed by atoms with Crippen LogP contribution in [-0.2, 0) is 16.8 Å². The molecule has 0 saturated carbocycles. The van der Waals surface area contributed by atoms with Gasteiger partial charge in [-0.25, -0.2) is 0 Å². The number of carbonyl (C=O) groups is 1. The summed E-state index contributed by atoms with van der Waals surface area (Å²) in [4.78, 5) is 12.5. The number of hydrogen-bond donors (Lipinski definition) is 1. The summed E-state index contributed by atoms with van der Waals surface area (Å²) in [5.41, 5.74) is 2.03. The van der Waals surface area contributed by atoms with Gasteiger partial charge < -0.3 is 14.5 Å². The van der Waals surface area contributed by atoms with Gasteiger partial charge in [0.05, 0.1) is 5.25 Å². The van der Waals surface area contributed by atoms with Crippen LogP contribution in [0.2, 0.25) is 5.02 Å². The largest absolute Gasteiger partial charge is 0.484 e. The molecule has 0 aliphatic carbocycles. The highest BCUT2D eigenvalue weighted by Gasteiger charge is 2.19. The molecule has 0 fully saturated rings. The number of thioether (sulfide) groups is 1. The Morgan fingerprint density at radius 1 is 1.13 bits per heavy atom. The first-order valence-corrected chi connectivity index (χ1v) is 10.8. The van der Waals surface area contributed by atoms with Crippen molar-refractivity contribution >= 4 is 35.0 Å². The van der Waals surface area contributed by atoms with Crippen molar-refractivity contribution in [3.63, 3.8) is 0 Å². The summed E-state index contributed by atoms with van der Waals surface area (Å²) in [7, 11) is 0. The Balaban J connectivity index is 1.51. The van der Waals surface area contributed by atoms with E-state index >= 15 is 0 Å². The van der Waals surface area contributed by atoms with Gasteiger partial charge in [0.25, 0.3) is 11.1 Å². The normalized spacial score (nSPS) is 12.4. The highest BCUT2D eigenvalue weighted by molar-refractivity contribution is 8.00. The summed E-state index contributed by atoms with van der Waals surface area (Å²) >= 11 is 7.05. The van der Waals surface area contributed by atoms with E-state index in [9.17, 15) is 4.79 Å². The van der Waals surface area contributed by atoms with Crippen LogP contribution in [0.5, 0.6) is 5.75 Å². The molecule has 1 aromatic heterocycles. The summed E-state index contributed by atoms with van der Waals surface area (Å²) in [6.07, 6.45) is 0. The number of amides is 1. The standard InChI is InChI=1S/C22H24ClN3O3S/c1-14(20(27)24-17-9-5-15(6-10-17)22(2,3)4)30-21-26-25-19(29-21)13-28-18-11-7-16(23)8-12-18/h5-12,14H,13H2,1-4H3,(H,24,27). The molecule has 2 aromatic carbocycles. The van der Waals surface area contributed by atoms with E-state index in [-0.39, 0.29) is 17.9 Å². The van der Waals surface area contributed by atoms with Crippen molar-refractivity contribution in [2.24, 2.45) is 0 Å². The molecule has 1 heterocycles. The molecule has 0 spiro atoms. The molecule has 3 rings (SSSR count). The molecule has 1 amide bonds. The van der Waals surface area contributed by atoms with E-state index in [1.54, 1.807) is 31.2 Å². The number of benzene rings is 2. The van der Waals surface area contributed by atoms with E-state index in [4.69, 9.17) is 20.8 Å². The van der Waals surface area contributed by atoms with Gasteiger partial charge in [-0.05, 0) is 54.3 Å². The third-order valence-electron chi connectivity index (χ3n) is 4.29. The van der Waals surface area contributed by atoms with Crippen LogP contribution in [0, 0.1) is 0 Å². The molecule has 0 aliphatic heterocycles. The van der Waals surface area contributed by atoms with Crippen LogP contribution in [-0.4, -0.2) is 21.4 Å². The van der Waals surface area contributed by atoms with Crippen LogP contribution >= 0.6 is 23.4 Å². The first-order valence-electron chi connectivity index (χ1n) is 9.49. The number of carbonyl (C=O) groups excluding carboxylic acids is 1. The van der Waals surface area contributed by atoms with Crippen LogP contribution in [0.4, 0.5) is 5.69 Å². The first kappa shape index (κ1) is 22.2. The van der Waals surface area contributed by atoms with Crippen LogP contribution in [0.1, 0.15) is 39.1 Å². The predicted molar refractivity (Wildman–Crippen MR) is 119 cm³/mol. The molecule has 0 aliphatic rings. The fraction of sp³-hybridized carbons (Fsp3) is 0.318. The Bertz CT molecular complexity index is 982. The van der Waals surface area contributed by atoms with Gasteiger partial charge in [-0.2, -0.15) is 0 Å². The maximum Gasteiger partial charge on any atom is 0.277 e. The quantitative estimate of drug-likeness (QED) is 0.468. The molecule has 3 aromatic rings. The molecule has 1 N–H and O–H groups in total. The minimum Gasteiger partial charge on any atom is -0.484 e. The van der Waals surface area contributed by atoms with Gasteiger partial charge in [-0.3, -0.25) is 4.79 Å². The molecular formula is C22H24ClN3O3S. The van der Waals surface area contributed by atoms with Crippen molar-refractivity contribution in [2.45, 2.75) is 50.2 Å². The minimum atomic E-state index is -0.405. The zero-order valence-corrected chi connectivity index (χ0v) is 18.9. The third kappa shape index (κ3) is 6.24. The Hall–Kier alpha value is -2.51. The monoisotopic (exact) mass is 445 g/mol. The predicted octanol–water partition coefficient (Wildman–Crippen LogP) is 5.72. The summed E-state index contributed by atoms with van der Waals surface area (Å²) in [6.45, 7) is 8.38. The second kappa shape index (κ2) is 9.53. The summed E-state index contributed by atoms with van der Waals surface area (Å²) in [6, 6.07) is 14.9. The maximum atomic E-state index is 12.5. The Kier molecular flexibility index (Phi) is 7.05. The third-order valence-corrected chi connectivity index (χ3v) is 5.48. The van der Waals surface area contributed by atoms with Crippen molar-refractivity contribution in [3.05, 3.63) is 65.0 Å². The Morgan fingerprint density at radius 2 is 1.80 bits per heavy atom. The molecule has 158 valence electrons. The van der Waals surface area contributed by atoms with Crippen LogP contribution in [0.25, 0.3) is 0 Å². The summed E-state index contributed by atoms with van der Waals surface area (Å²) in [5.74, 6) is 0.843. The molecule has 0 saturated heterocycles. The van der Waals surface area contributed by atoms with E-state index in [0.29, 0.717) is 21.9 Å². The molecule has 1 atom stereocenters. The Labute approximate surface area is 185 Å². The average Bonchev–Trinajstić information content (AvgIpc) is 3.14. The van der Waals surface area contributed by atoms with Gasteiger partial charge in [-0.15, -0.1) is 10.2 Å². The number of anilines is 1. The average molecular weight is 446 g/mol. The second-order valence-corrected chi connectivity index (χ2v) is 9.51. The fourth-order valence-corrected chi connectivity index (χ4v) is 3.35. The van der Waals surface area contributed by atoms with Gasteiger partial charge in [0.15, 0.2) is 6.61 Å². The van der Waals surface area contributed by atoms with Gasteiger partial charge in [0.2, 0.25) is 5.91 Å². The molecule has 6 nitrogen and oxygen atoms in total. The van der Waals surface area contributed by atoms with Crippen molar-refractivity contribution in [1.29, 1.82) is 0 Å². The van der Waals surface area contributed by atoms with Gasteiger partial charge in [0.1, 0.15) is 5.75 Å².